The summed E-state index contributed by atoms with van der Waals surface area (Å²) in [6.07, 6.45) is 7.65. The quantitative estimate of drug-likeness (QED) is 0.867. The Balaban J connectivity index is 2.12. The molecular formula is C18H22O2. The number of benzene rings is 1. The van der Waals surface area contributed by atoms with Crippen LogP contribution in [-0.4, -0.2) is 11.1 Å². The van der Waals surface area contributed by atoms with E-state index in [1.54, 1.807) is 0 Å². The molecule has 2 nitrogen and oxygen atoms in total. The van der Waals surface area contributed by atoms with Crippen LogP contribution in [0.4, 0.5) is 0 Å². The molecule has 2 heteroatoms. The first kappa shape index (κ1) is 13.4. The van der Waals surface area contributed by atoms with E-state index in [0.717, 1.165) is 24.8 Å². The van der Waals surface area contributed by atoms with E-state index in [2.05, 4.69) is 25.1 Å². The zero-order chi connectivity index (χ0) is 14.1. The fraction of sp³-hybridized carbons (Fsp3) is 0.500. The van der Waals surface area contributed by atoms with Gasteiger partial charge in [0, 0.05) is 5.57 Å². The zero-order valence-corrected chi connectivity index (χ0v) is 12.1. The second-order valence-electron chi connectivity index (χ2n) is 6.13. The van der Waals surface area contributed by atoms with Crippen LogP contribution in [0.2, 0.25) is 0 Å². The molecule has 1 saturated carbocycles. The Morgan fingerprint density at radius 1 is 1.15 bits per heavy atom. The van der Waals surface area contributed by atoms with Gasteiger partial charge in [-0.1, -0.05) is 37.5 Å². The molecule has 0 spiro atoms. The highest BCUT2D eigenvalue weighted by molar-refractivity contribution is 5.98. The highest BCUT2D eigenvalue weighted by atomic mass is 16.4. The number of aryl methyl sites for hydroxylation is 1. The Hall–Kier alpha value is -1.57. The third-order valence-corrected chi connectivity index (χ3v) is 4.92. The average molecular weight is 270 g/mol. The van der Waals surface area contributed by atoms with Gasteiger partial charge in [0.2, 0.25) is 0 Å². The van der Waals surface area contributed by atoms with Gasteiger partial charge in [-0.25, -0.2) is 4.79 Å². The van der Waals surface area contributed by atoms with Crippen molar-refractivity contribution in [3.05, 3.63) is 40.5 Å². The molecule has 1 N–H and O–H groups in total. The van der Waals surface area contributed by atoms with E-state index in [9.17, 15) is 9.90 Å². The van der Waals surface area contributed by atoms with Gasteiger partial charge in [0.15, 0.2) is 0 Å². The molecule has 0 saturated heterocycles. The Labute approximate surface area is 120 Å². The van der Waals surface area contributed by atoms with Crippen molar-refractivity contribution in [1.29, 1.82) is 0 Å². The van der Waals surface area contributed by atoms with Crippen molar-refractivity contribution in [2.45, 2.75) is 51.9 Å². The van der Waals surface area contributed by atoms with Gasteiger partial charge >= 0.3 is 5.97 Å². The molecule has 0 bridgehead atoms. The molecule has 0 amide bonds. The monoisotopic (exact) mass is 270 g/mol. The van der Waals surface area contributed by atoms with Crippen molar-refractivity contribution in [3.63, 3.8) is 0 Å². The third-order valence-electron chi connectivity index (χ3n) is 4.92. The highest BCUT2D eigenvalue weighted by Crippen LogP contribution is 2.43. The second kappa shape index (κ2) is 5.43. The summed E-state index contributed by atoms with van der Waals surface area (Å²) >= 11 is 0. The van der Waals surface area contributed by atoms with E-state index in [4.69, 9.17) is 0 Å². The van der Waals surface area contributed by atoms with E-state index in [1.807, 2.05) is 0 Å². The first-order valence-corrected chi connectivity index (χ1v) is 7.73. The third kappa shape index (κ3) is 2.28. The topological polar surface area (TPSA) is 37.3 Å². The van der Waals surface area contributed by atoms with E-state index >= 15 is 0 Å². The molecule has 20 heavy (non-hydrogen) atoms. The SMILES string of the molecule is Cc1cccc2c1CCC(C(=O)O)=C2C1CCCCC1. The largest absolute Gasteiger partial charge is 0.478 e. The van der Waals surface area contributed by atoms with Gasteiger partial charge in [0.1, 0.15) is 0 Å². The van der Waals surface area contributed by atoms with Crippen LogP contribution in [-0.2, 0) is 11.2 Å². The summed E-state index contributed by atoms with van der Waals surface area (Å²) in [6, 6.07) is 6.35. The summed E-state index contributed by atoms with van der Waals surface area (Å²) in [5.74, 6) is -0.256. The molecule has 1 aromatic carbocycles. The fourth-order valence-electron chi connectivity index (χ4n) is 3.91. The summed E-state index contributed by atoms with van der Waals surface area (Å²) in [6.45, 7) is 2.14. The van der Waals surface area contributed by atoms with Crippen LogP contribution in [0.3, 0.4) is 0 Å². The van der Waals surface area contributed by atoms with Crippen molar-refractivity contribution >= 4 is 11.5 Å². The summed E-state index contributed by atoms with van der Waals surface area (Å²) in [5, 5.41) is 9.58. The van der Waals surface area contributed by atoms with Gasteiger partial charge in [-0.2, -0.15) is 0 Å². The zero-order valence-electron chi connectivity index (χ0n) is 12.1. The summed E-state index contributed by atoms with van der Waals surface area (Å²) in [7, 11) is 0. The number of hydrogen-bond donors (Lipinski definition) is 1. The van der Waals surface area contributed by atoms with Gasteiger partial charge in [0.05, 0.1) is 0 Å². The lowest BCUT2D eigenvalue weighted by Gasteiger charge is -2.31. The van der Waals surface area contributed by atoms with Crippen molar-refractivity contribution < 1.29 is 9.90 Å². The van der Waals surface area contributed by atoms with Crippen LogP contribution < -0.4 is 0 Å². The maximum Gasteiger partial charge on any atom is 0.331 e. The first-order chi connectivity index (χ1) is 9.68. The van der Waals surface area contributed by atoms with E-state index in [-0.39, 0.29) is 0 Å². The summed E-state index contributed by atoms with van der Waals surface area (Å²) in [4.78, 5) is 11.6. The Morgan fingerprint density at radius 2 is 1.90 bits per heavy atom. The molecule has 0 atom stereocenters. The smallest absolute Gasteiger partial charge is 0.331 e. The van der Waals surface area contributed by atoms with E-state index in [0.29, 0.717) is 17.9 Å². The normalized spacial score (nSPS) is 19.9. The minimum Gasteiger partial charge on any atom is -0.478 e. The molecule has 0 radical (unpaired) electrons. The number of carboxylic acid groups (broad SMARTS) is 1. The number of rotatable bonds is 2. The molecule has 2 aliphatic rings. The maximum absolute atomic E-state index is 11.6. The van der Waals surface area contributed by atoms with Gasteiger partial charge in [-0.3, -0.25) is 0 Å². The number of carboxylic acids is 1. The average Bonchev–Trinajstić information content (AvgIpc) is 2.47. The number of aliphatic carboxylic acids is 1. The summed E-state index contributed by atoms with van der Waals surface area (Å²) < 4.78 is 0. The van der Waals surface area contributed by atoms with Gasteiger partial charge in [0.25, 0.3) is 0 Å². The predicted octanol–water partition coefficient (Wildman–Crippen LogP) is 4.36. The van der Waals surface area contributed by atoms with Crippen LogP contribution >= 0.6 is 0 Å². The Kier molecular flexibility index (Phi) is 3.64. The Bertz CT molecular complexity index is 563. The van der Waals surface area contributed by atoms with Crippen molar-refractivity contribution in [3.8, 4) is 0 Å². The van der Waals surface area contributed by atoms with Gasteiger partial charge < -0.3 is 5.11 Å². The molecule has 0 aromatic heterocycles. The van der Waals surface area contributed by atoms with E-state index < -0.39 is 5.97 Å². The molecule has 1 fully saturated rings. The molecule has 0 heterocycles. The minimum absolute atomic E-state index is 0.454. The number of allylic oxidation sites excluding steroid dienone is 1. The van der Waals surface area contributed by atoms with Crippen molar-refractivity contribution in [2.24, 2.45) is 5.92 Å². The maximum atomic E-state index is 11.6. The lowest BCUT2D eigenvalue weighted by Crippen LogP contribution is -2.19. The number of fused-ring (bicyclic) bond motifs is 1. The Morgan fingerprint density at radius 3 is 2.60 bits per heavy atom. The lowest BCUT2D eigenvalue weighted by molar-refractivity contribution is -0.132. The van der Waals surface area contributed by atoms with Crippen LogP contribution in [0.1, 0.15) is 55.2 Å². The standard InChI is InChI=1S/C18H22O2/c1-12-6-5-9-15-14(12)10-11-16(18(19)20)17(15)13-7-3-2-4-8-13/h5-6,9,13H,2-4,7-8,10-11H2,1H3,(H,19,20). The molecule has 0 aliphatic heterocycles. The number of hydrogen-bond acceptors (Lipinski definition) is 1. The first-order valence-electron chi connectivity index (χ1n) is 7.73. The molecular weight excluding hydrogens is 248 g/mol. The molecule has 0 unspecified atom stereocenters. The highest BCUT2D eigenvalue weighted by Gasteiger charge is 2.29. The molecule has 1 aromatic rings. The number of carbonyl (C=O) groups is 1. The molecule has 3 rings (SSSR count). The van der Waals surface area contributed by atoms with Crippen LogP contribution in [0.5, 0.6) is 0 Å². The lowest BCUT2D eigenvalue weighted by atomic mass is 9.73. The predicted molar refractivity (Wildman–Crippen MR) is 80.6 cm³/mol. The fourth-order valence-corrected chi connectivity index (χ4v) is 3.91. The second-order valence-corrected chi connectivity index (χ2v) is 6.13. The minimum atomic E-state index is -0.710. The van der Waals surface area contributed by atoms with Crippen LogP contribution in [0.15, 0.2) is 23.8 Å². The summed E-state index contributed by atoms with van der Waals surface area (Å²) in [5.41, 5.74) is 5.73. The molecule has 106 valence electrons. The van der Waals surface area contributed by atoms with Gasteiger partial charge in [-0.05, 0) is 60.8 Å². The van der Waals surface area contributed by atoms with Gasteiger partial charge in [-0.15, -0.1) is 0 Å². The van der Waals surface area contributed by atoms with Crippen LogP contribution in [0, 0.1) is 12.8 Å². The van der Waals surface area contributed by atoms with Crippen LogP contribution in [0.25, 0.3) is 5.57 Å². The van der Waals surface area contributed by atoms with E-state index in [1.165, 1.54) is 36.0 Å². The van der Waals surface area contributed by atoms with Crippen molar-refractivity contribution in [1.82, 2.24) is 0 Å². The molecule has 2 aliphatic carbocycles. The van der Waals surface area contributed by atoms with Crippen molar-refractivity contribution in [2.75, 3.05) is 0 Å².